The number of carbonyl (C=O) groups excluding carboxylic acids is 1. The molecule has 23 heavy (non-hydrogen) atoms. The quantitative estimate of drug-likeness (QED) is 0.842. The number of hydrogen-bond acceptors (Lipinski definition) is 2. The van der Waals surface area contributed by atoms with Crippen LogP contribution in [0.3, 0.4) is 0 Å². The summed E-state index contributed by atoms with van der Waals surface area (Å²) in [6, 6.07) is 14.8. The van der Waals surface area contributed by atoms with Crippen LogP contribution in [0.25, 0.3) is 10.8 Å². The minimum absolute atomic E-state index is 0.0246. The molecule has 0 aromatic heterocycles. The molecule has 2 aromatic rings. The molecule has 2 aliphatic heterocycles. The second-order valence-electron chi connectivity index (χ2n) is 6.84. The fraction of sp³-hybridized carbons (Fsp3) is 0.450. The summed E-state index contributed by atoms with van der Waals surface area (Å²) in [5.41, 5.74) is 1.21. The molecule has 2 aromatic carbocycles. The third-order valence-corrected chi connectivity index (χ3v) is 5.41. The van der Waals surface area contributed by atoms with Crippen LogP contribution in [0.2, 0.25) is 0 Å². The van der Waals surface area contributed by atoms with E-state index in [4.69, 9.17) is 4.74 Å². The minimum atomic E-state index is -0.0246. The number of hydrogen-bond donors (Lipinski definition) is 0. The van der Waals surface area contributed by atoms with Gasteiger partial charge in [-0.25, -0.2) is 0 Å². The van der Waals surface area contributed by atoms with Gasteiger partial charge in [-0.1, -0.05) is 42.5 Å². The van der Waals surface area contributed by atoms with Gasteiger partial charge in [0.2, 0.25) is 5.91 Å². The number of amides is 1. The molecular formula is C20H23NO2. The first kappa shape index (κ1) is 14.7. The van der Waals surface area contributed by atoms with Crippen LogP contribution >= 0.6 is 0 Å². The van der Waals surface area contributed by atoms with Crippen molar-refractivity contribution in [3.63, 3.8) is 0 Å². The standard InChI is InChI=1S/C20H23NO2/c22-19-9-11-20(10-4-14-23-20)12-13-21(19)15-17-7-3-6-16-5-1-2-8-18(16)17/h1-3,5-8H,4,9-15H2/t20-/m0/s1. The molecule has 0 saturated carbocycles. The fourth-order valence-electron chi connectivity index (χ4n) is 4.03. The van der Waals surface area contributed by atoms with Crippen molar-refractivity contribution < 1.29 is 9.53 Å². The predicted molar refractivity (Wildman–Crippen MR) is 91.1 cm³/mol. The van der Waals surface area contributed by atoms with E-state index in [0.717, 1.165) is 38.8 Å². The predicted octanol–water partition coefficient (Wildman–Crippen LogP) is 3.90. The van der Waals surface area contributed by atoms with Gasteiger partial charge in [0.1, 0.15) is 0 Å². The average Bonchev–Trinajstić information content (AvgIpc) is 3.00. The maximum atomic E-state index is 12.6. The lowest BCUT2D eigenvalue weighted by Gasteiger charge is -2.27. The van der Waals surface area contributed by atoms with E-state index in [-0.39, 0.29) is 11.5 Å². The smallest absolute Gasteiger partial charge is 0.222 e. The van der Waals surface area contributed by atoms with Crippen LogP contribution in [0.4, 0.5) is 0 Å². The first-order chi connectivity index (χ1) is 11.3. The van der Waals surface area contributed by atoms with Crippen LogP contribution in [0.15, 0.2) is 42.5 Å². The van der Waals surface area contributed by atoms with E-state index in [0.29, 0.717) is 13.0 Å². The molecule has 0 bridgehead atoms. The Hall–Kier alpha value is -1.87. The summed E-state index contributed by atoms with van der Waals surface area (Å²) in [4.78, 5) is 14.6. The second kappa shape index (κ2) is 5.97. The molecular weight excluding hydrogens is 286 g/mol. The molecule has 2 heterocycles. The van der Waals surface area contributed by atoms with E-state index in [9.17, 15) is 4.79 Å². The Kier molecular flexibility index (Phi) is 3.82. The molecule has 120 valence electrons. The van der Waals surface area contributed by atoms with Gasteiger partial charge < -0.3 is 9.64 Å². The number of benzene rings is 2. The van der Waals surface area contributed by atoms with Crippen molar-refractivity contribution >= 4 is 16.7 Å². The van der Waals surface area contributed by atoms with Gasteiger partial charge in [0, 0.05) is 26.1 Å². The molecule has 2 saturated heterocycles. The minimum Gasteiger partial charge on any atom is -0.375 e. The lowest BCUT2D eigenvalue weighted by Crippen LogP contribution is -2.32. The second-order valence-corrected chi connectivity index (χ2v) is 6.84. The molecule has 1 spiro atoms. The van der Waals surface area contributed by atoms with Crippen molar-refractivity contribution in [3.8, 4) is 0 Å². The first-order valence-electron chi connectivity index (χ1n) is 8.64. The largest absolute Gasteiger partial charge is 0.375 e. The van der Waals surface area contributed by atoms with Crippen LogP contribution in [0.1, 0.15) is 37.7 Å². The maximum absolute atomic E-state index is 12.6. The third-order valence-electron chi connectivity index (χ3n) is 5.41. The Labute approximate surface area is 137 Å². The van der Waals surface area contributed by atoms with Crippen molar-refractivity contribution in [3.05, 3.63) is 48.0 Å². The molecule has 1 amide bonds. The third kappa shape index (κ3) is 2.86. The Bertz CT molecular complexity index is 713. The molecule has 0 N–H and O–H groups in total. The number of fused-ring (bicyclic) bond motifs is 1. The monoisotopic (exact) mass is 309 g/mol. The SMILES string of the molecule is O=C1CC[C@@]2(CCCO2)CCN1Cc1cccc2ccccc12. The van der Waals surface area contributed by atoms with E-state index in [1.54, 1.807) is 0 Å². The van der Waals surface area contributed by atoms with Crippen LogP contribution in [0, 0.1) is 0 Å². The van der Waals surface area contributed by atoms with Crippen molar-refractivity contribution in [2.24, 2.45) is 0 Å². The number of rotatable bonds is 2. The molecule has 0 aliphatic carbocycles. The van der Waals surface area contributed by atoms with Crippen molar-refractivity contribution in [2.45, 2.75) is 44.2 Å². The summed E-state index contributed by atoms with van der Waals surface area (Å²) in [6.07, 6.45) is 4.73. The van der Waals surface area contributed by atoms with Crippen LogP contribution in [0.5, 0.6) is 0 Å². The molecule has 3 heteroatoms. The van der Waals surface area contributed by atoms with Gasteiger partial charge in [-0.2, -0.15) is 0 Å². The zero-order valence-electron chi connectivity index (χ0n) is 13.5. The van der Waals surface area contributed by atoms with Gasteiger partial charge in [0.15, 0.2) is 0 Å². The zero-order chi connectivity index (χ0) is 15.7. The van der Waals surface area contributed by atoms with Gasteiger partial charge >= 0.3 is 0 Å². The highest BCUT2D eigenvalue weighted by atomic mass is 16.5. The highest BCUT2D eigenvalue weighted by Gasteiger charge is 2.38. The van der Waals surface area contributed by atoms with Crippen molar-refractivity contribution in [1.29, 1.82) is 0 Å². The molecule has 1 atom stereocenters. The van der Waals surface area contributed by atoms with Gasteiger partial charge in [-0.3, -0.25) is 4.79 Å². The molecule has 2 fully saturated rings. The number of nitrogens with zero attached hydrogens (tertiary/aromatic N) is 1. The highest BCUT2D eigenvalue weighted by molar-refractivity contribution is 5.86. The van der Waals surface area contributed by atoms with Gasteiger partial charge in [-0.15, -0.1) is 0 Å². The number of likely N-dealkylation sites (tertiary alicyclic amines) is 1. The Morgan fingerprint density at radius 2 is 1.91 bits per heavy atom. The van der Waals surface area contributed by atoms with E-state index in [1.807, 2.05) is 4.90 Å². The summed E-state index contributed by atoms with van der Waals surface area (Å²) < 4.78 is 6.00. The summed E-state index contributed by atoms with van der Waals surface area (Å²) in [5.74, 6) is 0.269. The molecule has 4 rings (SSSR count). The van der Waals surface area contributed by atoms with Crippen LogP contribution in [-0.2, 0) is 16.1 Å². The van der Waals surface area contributed by atoms with E-state index >= 15 is 0 Å². The summed E-state index contributed by atoms with van der Waals surface area (Å²) in [6.45, 7) is 2.37. The lowest BCUT2D eigenvalue weighted by atomic mass is 9.92. The van der Waals surface area contributed by atoms with Crippen LogP contribution < -0.4 is 0 Å². The van der Waals surface area contributed by atoms with E-state index in [1.165, 1.54) is 16.3 Å². The fourth-order valence-corrected chi connectivity index (χ4v) is 4.03. The normalized spacial score (nSPS) is 25.2. The zero-order valence-corrected chi connectivity index (χ0v) is 13.5. The van der Waals surface area contributed by atoms with E-state index in [2.05, 4.69) is 42.5 Å². The Balaban J connectivity index is 1.56. The van der Waals surface area contributed by atoms with Crippen molar-refractivity contribution in [1.82, 2.24) is 4.90 Å². The summed E-state index contributed by atoms with van der Waals surface area (Å²) in [5, 5.41) is 2.49. The average molecular weight is 309 g/mol. The summed E-state index contributed by atoms with van der Waals surface area (Å²) >= 11 is 0. The van der Waals surface area contributed by atoms with Gasteiger partial charge in [0.25, 0.3) is 0 Å². The highest BCUT2D eigenvalue weighted by Crippen LogP contribution is 2.36. The lowest BCUT2D eigenvalue weighted by molar-refractivity contribution is -0.131. The topological polar surface area (TPSA) is 29.5 Å². The molecule has 0 unspecified atom stereocenters. The van der Waals surface area contributed by atoms with Gasteiger partial charge in [0.05, 0.1) is 5.60 Å². The Morgan fingerprint density at radius 1 is 1.04 bits per heavy atom. The summed E-state index contributed by atoms with van der Waals surface area (Å²) in [7, 11) is 0. The van der Waals surface area contributed by atoms with E-state index < -0.39 is 0 Å². The number of ether oxygens (including phenoxy) is 1. The molecule has 3 nitrogen and oxygen atoms in total. The molecule has 2 aliphatic rings. The molecule has 0 radical (unpaired) electrons. The number of carbonyl (C=O) groups is 1. The van der Waals surface area contributed by atoms with Gasteiger partial charge in [-0.05, 0) is 42.0 Å². The van der Waals surface area contributed by atoms with Crippen molar-refractivity contribution in [2.75, 3.05) is 13.2 Å². The van der Waals surface area contributed by atoms with Crippen LogP contribution in [-0.4, -0.2) is 29.6 Å². The first-order valence-corrected chi connectivity index (χ1v) is 8.64. The maximum Gasteiger partial charge on any atom is 0.222 e. The Morgan fingerprint density at radius 3 is 2.78 bits per heavy atom.